The van der Waals surface area contributed by atoms with Crippen LogP contribution in [0.4, 0.5) is 0 Å². The molecule has 0 radical (unpaired) electrons. The zero-order chi connectivity index (χ0) is 14.1. The van der Waals surface area contributed by atoms with Gasteiger partial charge in [0, 0.05) is 0 Å². The lowest BCUT2D eigenvalue weighted by molar-refractivity contribution is 0.0661. The van der Waals surface area contributed by atoms with Gasteiger partial charge in [-0.25, -0.2) is 9.78 Å². The number of carboxylic acids is 1. The Bertz CT molecular complexity index is 833. The number of hydrogen-bond donors (Lipinski definition) is 2. The van der Waals surface area contributed by atoms with Gasteiger partial charge in [0.1, 0.15) is 10.6 Å². The molecule has 0 saturated heterocycles. The Morgan fingerprint density at radius 1 is 1.45 bits per heavy atom. The van der Waals surface area contributed by atoms with Crippen LogP contribution in [0.5, 0.6) is 0 Å². The summed E-state index contributed by atoms with van der Waals surface area (Å²) in [6.45, 7) is 0. The minimum atomic E-state index is -1.10. The maximum atomic E-state index is 11.8. The van der Waals surface area contributed by atoms with Crippen molar-refractivity contribution in [3.63, 3.8) is 0 Å². The second-order valence-electron chi connectivity index (χ2n) is 3.87. The van der Waals surface area contributed by atoms with Crippen molar-refractivity contribution in [2.24, 2.45) is 0 Å². The van der Waals surface area contributed by atoms with Crippen molar-refractivity contribution >= 4 is 39.3 Å². The molecule has 3 heterocycles. The van der Waals surface area contributed by atoms with E-state index in [1.807, 2.05) is 5.38 Å². The van der Waals surface area contributed by atoms with Gasteiger partial charge in [0.2, 0.25) is 5.76 Å². The summed E-state index contributed by atoms with van der Waals surface area (Å²) in [4.78, 5) is 30.1. The van der Waals surface area contributed by atoms with Crippen molar-refractivity contribution in [3.05, 3.63) is 45.5 Å². The number of fused-ring (bicyclic) bond motifs is 1. The average Bonchev–Trinajstić information content (AvgIpc) is 3.05. The molecular weight excluding hydrogens is 300 g/mol. The number of H-pyrrole nitrogens is 1. The number of aromatic carboxylic acids is 1. The van der Waals surface area contributed by atoms with Crippen LogP contribution in [-0.4, -0.2) is 21.0 Å². The van der Waals surface area contributed by atoms with Gasteiger partial charge in [-0.15, -0.1) is 11.3 Å². The number of nitrogens with one attached hydrogen (secondary N) is 1. The maximum Gasteiger partial charge on any atom is 0.371 e. The Kier molecular flexibility index (Phi) is 3.33. The summed E-state index contributed by atoms with van der Waals surface area (Å²) in [7, 11) is 0. The first-order valence-corrected chi connectivity index (χ1v) is 7.42. The quantitative estimate of drug-likeness (QED) is 0.568. The van der Waals surface area contributed by atoms with Gasteiger partial charge in [0.15, 0.2) is 5.16 Å². The molecule has 0 aliphatic carbocycles. The van der Waals surface area contributed by atoms with Crippen LogP contribution in [0.25, 0.3) is 10.2 Å². The number of aromatic amines is 1. The molecule has 8 heteroatoms. The molecule has 3 aromatic rings. The van der Waals surface area contributed by atoms with Crippen LogP contribution in [0.15, 0.2) is 37.9 Å². The molecule has 0 bridgehead atoms. The molecule has 0 aromatic carbocycles. The molecule has 20 heavy (non-hydrogen) atoms. The maximum absolute atomic E-state index is 11.8. The first kappa shape index (κ1) is 12.9. The molecule has 2 N–H and O–H groups in total. The Morgan fingerprint density at radius 2 is 2.30 bits per heavy atom. The highest BCUT2D eigenvalue weighted by molar-refractivity contribution is 7.98. The summed E-state index contributed by atoms with van der Waals surface area (Å²) >= 11 is 2.68. The van der Waals surface area contributed by atoms with E-state index in [1.165, 1.54) is 29.2 Å². The first-order valence-electron chi connectivity index (χ1n) is 5.56. The minimum absolute atomic E-state index is 0.101. The van der Waals surface area contributed by atoms with Gasteiger partial charge in [0.05, 0.1) is 11.1 Å². The smallest absolute Gasteiger partial charge is 0.371 e. The van der Waals surface area contributed by atoms with Gasteiger partial charge in [-0.05, 0) is 23.6 Å². The number of aromatic nitrogens is 2. The fraction of sp³-hybridized carbons (Fsp3) is 0.0833. The summed E-state index contributed by atoms with van der Waals surface area (Å²) in [6, 6.07) is 4.72. The molecule has 0 spiro atoms. The van der Waals surface area contributed by atoms with Crippen molar-refractivity contribution in [1.29, 1.82) is 0 Å². The van der Waals surface area contributed by atoms with Gasteiger partial charge in [-0.2, -0.15) is 0 Å². The number of rotatable bonds is 4. The van der Waals surface area contributed by atoms with Crippen LogP contribution >= 0.6 is 23.1 Å². The van der Waals surface area contributed by atoms with Crippen LogP contribution in [0.1, 0.15) is 16.3 Å². The summed E-state index contributed by atoms with van der Waals surface area (Å²) < 4.78 is 5.13. The summed E-state index contributed by atoms with van der Waals surface area (Å²) in [5.41, 5.74) is -0.176. The van der Waals surface area contributed by atoms with E-state index in [1.54, 1.807) is 12.1 Å². The summed E-state index contributed by atoms with van der Waals surface area (Å²) in [6.07, 6.45) is 0. The van der Waals surface area contributed by atoms with Crippen LogP contribution in [-0.2, 0) is 5.75 Å². The molecule has 0 atom stereocenters. The lowest BCUT2D eigenvalue weighted by Gasteiger charge is -1.98. The van der Waals surface area contributed by atoms with E-state index in [2.05, 4.69) is 9.97 Å². The van der Waals surface area contributed by atoms with E-state index in [0.717, 1.165) is 0 Å². The number of carboxylic acid groups (broad SMARTS) is 1. The minimum Gasteiger partial charge on any atom is -0.475 e. The second-order valence-corrected chi connectivity index (χ2v) is 5.73. The molecule has 6 nitrogen and oxygen atoms in total. The van der Waals surface area contributed by atoms with E-state index >= 15 is 0 Å². The predicted octanol–water partition coefficient (Wildman–Crippen LogP) is 2.57. The van der Waals surface area contributed by atoms with Crippen LogP contribution in [0, 0.1) is 0 Å². The number of nitrogens with zero attached hydrogens (tertiary/aromatic N) is 1. The Balaban J connectivity index is 1.79. The summed E-state index contributed by atoms with van der Waals surface area (Å²) in [5.74, 6) is -0.294. The number of furan rings is 1. The Hall–Kier alpha value is -2.06. The highest BCUT2D eigenvalue weighted by Gasteiger charge is 2.10. The van der Waals surface area contributed by atoms with Gasteiger partial charge < -0.3 is 14.5 Å². The van der Waals surface area contributed by atoms with Crippen LogP contribution in [0.2, 0.25) is 0 Å². The van der Waals surface area contributed by atoms with Crippen molar-refractivity contribution < 1.29 is 14.3 Å². The predicted molar refractivity (Wildman–Crippen MR) is 75.5 cm³/mol. The van der Waals surface area contributed by atoms with E-state index in [0.29, 0.717) is 26.9 Å². The Labute approximate surface area is 120 Å². The molecule has 0 saturated carbocycles. The number of hydrogen-bond acceptors (Lipinski definition) is 6. The third-order valence-electron chi connectivity index (χ3n) is 2.54. The summed E-state index contributed by atoms with van der Waals surface area (Å²) in [5, 5.41) is 11.6. The standard InChI is InChI=1S/C12H8N2O4S2/c15-9-7-3-4-19-10(7)14-12(13-9)20-5-6-1-2-8(18-6)11(16)17/h1-4H,5H2,(H,16,17)(H,13,14,15). The fourth-order valence-corrected chi connectivity index (χ4v) is 3.20. The van der Waals surface area contributed by atoms with Crippen molar-refractivity contribution in [2.75, 3.05) is 0 Å². The van der Waals surface area contributed by atoms with Crippen molar-refractivity contribution in [2.45, 2.75) is 10.9 Å². The largest absolute Gasteiger partial charge is 0.475 e. The highest BCUT2D eigenvalue weighted by Crippen LogP contribution is 2.22. The SMILES string of the molecule is O=C(O)c1ccc(CSc2nc3sccc3c(=O)[nH]2)o1. The van der Waals surface area contributed by atoms with E-state index in [-0.39, 0.29) is 11.3 Å². The lowest BCUT2D eigenvalue weighted by atomic mass is 10.4. The number of thiophene rings is 1. The second kappa shape index (κ2) is 5.14. The molecule has 0 amide bonds. The molecular formula is C12H8N2O4S2. The average molecular weight is 308 g/mol. The Morgan fingerprint density at radius 3 is 3.05 bits per heavy atom. The molecule has 3 rings (SSSR count). The lowest BCUT2D eigenvalue weighted by Crippen LogP contribution is -2.07. The zero-order valence-corrected chi connectivity index (χ0v) is 11.6. The van der Waals surface area contributed by atoms with E-state index in [9.17, 15) is 9.59 Å². The molecule has 102 valence electrons. The molecule has 0 aliphatic heterocycles. The topological polar surface area (TPSA) is 96.2 Å². The molecule has 0 aliphatic rings. The van der Waals surface area contributed by atoms with Gasteiger partial charge in [-0.1, -0.05) is 11.8 Å². The monoisotopic (exact) mass is 308 g/mol. The van der Waals surface area contributed by atoms with Gasteiger partial charge >= 0.3 is 5.97 Å². The molecule has 0 unspecified atom stereocenters. The van der Waals surface area contributed by atoms with E-state index in [4.69, 9.17) is 9.52 Å². The fourth-order valence-electron chi connectivity index (χ4n) is 1.62. The van der Waals surface area contributed by atoms with E-state index < -0.39 is 5.97 Å². The normalized spacial score (nSPS) is 11.0. The number of thioether (sulfide) groups is 1. The van der Waals surface area contributed by atoms with Gasteiger partial charge in [-0.3, -0.25) is 4.79 Å². The zero-order valence-electron chi connectivity index (χ0n) is 9.95. The third-order valence-corrected chi connectivity index (χ3v) is 4.24. The first-order chi connectivity index (χ1) is 9.63. The highest BCUT2D eigenvalue weighted by atomic mass is 32.2. The van der Waals surface area contributed by atoms with Crippen molar-refractivity contribution in [3.8, 4) is 0 Å². The van der Waals surface area contributed by atoms with Crippen LogP contribution in [0.3, 0.4) is 0 Å². The number of carbonyl (C=O) groups is 1. The van der Waals surface area contributed by atoms with Crippen molar-refractivity contribution in [1.82, 2.24) is 9.97 Å². The molecule has 0 fully saturated rings. The molecule has 3 aromatic heterocycles. The van der Waals surface area contributed by atoms with Gasteiger partial charge in [0.25, 0.3) is 5.56 Å². The third kappa shape index (κ3) is 2.47. The van der Waals surface area contributed by atoms with Crippen LogP contribution < -0.4 is 5.56 Å².